The fourth-order valence-corrected chi connectivity index (χ4v) is 2.35. The summed E-state index contributed by atoms with van der Waals surface area (Å²) in [5.41, 5.74) is 2.61. The van der Waals surface area contributed by atoms with Gasteiger partial charge in [0, 0.05) is 19.6 Å². The molecule has 0 radical (unpaired) electrons. The number of hydrogen-bond acceptors (Lipinski definition) is 3. The molecule has 3 nitrogen and oxygen atoms in total. The highest BCUT2D eigenvalue weighted by atomic mass is 15.1. The van der Waals surface area contributed by atoms with Crippen LogP contribution in [-0.4, -0.2) is 30.0 Å². The topological polar surface area (TPSA) is 28.2 Å². The minimum absolute atomic E-state index is 0.325. The van der Waals surface area contributed by atoms with Gasteiger partial charge in [-0.2, -0.15) is 0 Å². The molecular formula is C17H31N3. The van der Waals surface area contributed by atoms with Gasteiger partial charge in [-0.25, -0.2) is 0 Å². The van der Waals surface area contributed by atoms with Crippen LogP contribution in [0.3, 0.4) is 0 Å². The molecule has 20 heavy (non-hydrogen) atoms. The van der Waals surface area contributed by atoms with Crippen molar-refractivity contribution in [3.8, 4) is 0 Å². The molecule has 1 N–H and O–H groups in total. The molecule has 114 valence electrons. The largest absolute Gasteiger partial charge is 0.311 e. The summed E-state index contributed by atoms with van der Waals surface area (Å²) in [4.78, 5) is 7.08. The molecule has 0 unspecified atom stereocenters. The molecule has 0 saturated heterocycles. The summed E-state index contributed by atoms with van der Waals surface area (Å²) in [6.45, 7) is 15.1. The van der Waals surface area contributed by atoms with Crippen LogP contribution in [0.1, 0.15) is 46.0 Å². The molecule has 0 aliphatic heterocycles. The van der Waals surface area contributed by atoms with E-state index in [4.69, 9.17) is 4.98 Å². The first kappa shape index (κ1) is 17.1. The smallest absolute Gasteiger partial charge is 0.0547 e. The molecule has 0 bridgehead atoms. The highest BCUT2D eigenvalue weighted by Gasteiger charge is 2.14. The van der Waals surface area contributed by atoms with Crippen molar-refractivity contribution in [1.29, 1.82) is 0 Å². The van der Waals surface area contributed by atoms with Gasteiger partial charge in [0.05, 0.1) is 11.4 Å². The summed E-state index contributed by atoms with van der Waals surface area (Å²) >= 11 is 0. The third-order valence-electron chi connectivity index (χ3n) is 2.90. The van der Waals surface area contributed by atoms with Crippen molar-refractivity contribution in [1.82, 2.24) is 15.2 Å². The molecule has 0 fully saturated rings. The zero-order chi connectivity index (χ0) is 15.2. The second kappa shape index (κ2) is 7.75. The van der Waals surface area contributed by atoms with Gasteiger partial charge in [0.15, 0.2) is 0 Å². The quantitative estimate of drug-likeness (QED) is 0.829. The van der Waals surface area contributed by atoms with Crippen LogP contribution in [0.25, 0.3) is 0 Å². The third-order valence-corrected chi connectivity index (χ3v) is 2.90. The van der Waals surface area contributed by atoms with Gasteiger partial charge in [-0.15, -0.1) is 0 Å². The molecule has 1 rings (SSSR count). The zero-order valence-electron chi connectivity index (χ0n) is 14.0. The molecule has 0 aromatic carbocycles. The zero-order valence-corrected chi connectivity index (χ0v) is 14.0. The van der Waals surface area contributed by atoms with Gasteiger partial charge in [0.1, 0.15) is 0 Å². The number of nitrogens with zero attached hydrogens (tertiary/aromatic N) is 2. The Bertz CT molecular complexity index is 393. The molecule has 1 aromatic heterocycles. The Labute approximate surface area is 124 Å². The molecule has 0 saturated carbocycles. The molecule has 0 atom stereocenters. The molecule has 0 aliphatic carbocycles. The first-order valence-electron chi connectivity index (χ1n) is 7.60. The fourth-order valence-electron chi connectivity index (χ4n) is 2.35. The number of aromatic nitrogens is 1. The molecule has 1 aromatic rings. The summed E-state index contributed by atoms with van der Waals surface area (Å²) in [6.07, 6.45) is 0. The predicted molar refractivity (Wildman–Crippen MR) is 86.6 cm³/mol. The van der Waals surface area contributed by atoms with E-state index in [0.717, 1.165) is 37.6 Å². The van der Waals surface area contributed by atoms with E-state index in [0.29, 0.717) is 11.3 Å². The normalized spacial score (nSPS) is 12.4. The monoisotopic (exact) mass is 277 g/mol. The van der Waals surface area contributed by atoms with E-state index in [1.54, 1.807) is 0 Å². The first-order valence-corrected chi connectivity index (χ1v) is 7.60. The van der Waals surface area contributed by atoms with Gasteiger partial charge in [-0.3, -0.25) is 4.98 Å². The lowest BCUT2D eigenvalue weighted by Crippen LogP contribution is -2.29. The van der Waals surface area contributed by atoms with Crippen LogP contribution in [0.15, 0.2) is 18.2 Å². The van der Waals surface area contributed by atoms with Crippen LogP contribution in [0, 0.1) is 11.3 Å². The number of nitrogens with one attached hydrogen (secondary N) is 1. The Balaban J connectivity index is 2.51. The van der Waals surface area contributed by atoms with Gasteiger partial charge in [0.25, 0.3) is 0 Å². The van der Waals surface area contributed by atoms with Crippen LogP contribution in [0.5, 0.6) is 0 Å². The van der Waals surface area contributed by atoms with Crippen molar-refractivity contribution >= 4 is 0 Å². The van der Waals surface area contributed by atoms with Crippen LogP contribution in [0.4, 0.5) is 0 Å². The van der Waals surface area contributed by atoms with E-state index in [9.17, 15) is 0 Å². The molecule has 0 spiro atoms. The van der Waals surface area contributed by atoms with Gasteiger partial charge in [-0.1, -0.05) is 40.7 Å². The molecule has 0 aliphatic rings. The lowest BCUT2D eigenvalue weighted by molar-refractivity contribution is 0.219. The van der Waals surface area contributed by atoms with Gasteiger partial charge < -0.3 is 10.2 Å². The Morgan fingerprint density at radius 3 is 2.45 bits per heavy atom. The summed E-state index contributed by atoms with van der Waals surface area (Å²) in [5.74, 6) is 0.677. The van der Waals surface area contributed by atoms with Gasteiger partial charge >= 0.3 is 0 Å². The minimum Gasteiger partial charge on any atom is -0.311 e. The maximum atomic E-state index is 4.74. The lowest BCUT2D eigenvalue weighted by atomic mass is 9.96. The van der Waals surface area contributed by atoms with Gasteiger partial charge in [0.2, 0.25) is 0 Å². The van der Waals surface area contributed by atoms with E-state index in [1.807, 2.05) is 0 Å². The van der Waals surface area contributed by atoms with Crippen molar-refractivity contribution < 1.29 is 0 Å². The highest BCUT2D eigenvalue weighted by molar-refractivity contribution is 5.11. The summed E-state index contributed by atoms with van der Waals surface area (Å²) in [7, 11) is 2.16. The van der Waals surface area contributed by atoms with Crippen molar-refractivity contribution in [2.45, 2.75) is 47.7 Å². The van der Waals surface area contributed by atoms with E-state index >= 15 is 0 Å². The summed E-state index contributed by atoms with van der Waals surface area (Å²) in [6, 6.07) is 6.32. The SMILES string of the molecule is CC(C)CNCc1cccc(CN(C)CC(C)(C)C)n1. The summed E-state index contributed by atoms with van der Waals surface area (Å²) < 4.78 is 0. The Kier molecular flexibility index (Phi) is 6.63. The lowest BCUT2D eigenvalue weighted by Gasteiger charge is -2.26. The Morgan fingerprint density at radius 2 is 1.85 bits per heavy atom. The van der Waals surface area contributed by atoms with Crippen LogP contribution >= 0.6 is 0 Å². The van der Waals surface area contributed by atoms with Crippen molar-refractivity contribution in [2.75, 3.05) is 20.1 Å². The number of rotatable bonds is 7. The molecule has 3 heteroatoms. The fraction of sp³-hybridized carbons (Fsp3) is 0.706. The number of hydrogen-bond donors (Lipinski definition) is 1. The van der Waals surface area contributed by atoms with Crippen molar-refractivity contribution in [2.24, 2.45) is 11.3 Å². The number of pyridine rings is 1. The maximum absolute atomic E-state index is 4.74. The standard InChI is InChI=1S/C17H31N3/c1-14(2)10-18-11-15-8-7-9-16(19-15)12-20(6)13-17(3,4)5/h7-9,14,18H,10-13H2,1-6H3. The minimum atomic E-state index is 0.325. The van der Waals surface area contributed by atoms with Crippen LogP contribution in [0.2, 0.25) is 0 Å². The van der Waals surface area contributed by atoms with Gasteiger partial charge in [-0.05, 0) is 37.1 Å². The molecule has 0 amide bonds. The van der Waals surface area contributed by atoms with Crippen molar-refractivity contribution in [3.05, 3.63) is 29.6 Å². The van der Waals surface area contributed by atoms with E-state index < -0.39 is 0 Å². The highest BCUT2D eigenvalue weighted by Crippen LogP contribution is 2.15. The Morgan fingerprint density at radius 1 is 1.20 bits per heavy atom. The van der Waals surface area contributed by atoms with E-state index in [2.05, 4.69) is 70.1 Å². The average molecular weight is 277 g/mol. The summed E-state index contributed by atoms with van der Waals surface area (Å²) in [5, 5.41) is 3.44. The first-order chi connectivity index (χ1) is 9.26. The van der Waals surface area contributed by atoms with E-state index in [1.165, 1.54) is 0 Å². The van der Waals surface area contributed by atoms with Crippen LogP contribution in [-0.2, 0) is 13.1 Å². The van der Waals surface area contributed by atoms with Crippen molar-refractivity contribution in [3.63, 3.8) is 0 Å². The van der Waals surface area contributed by atoms with E-state index in [-0.39, 0.29) is 0 Å². The molecule has 1 heterocycles. The third kappa shape index (κ3) is 7.61. The predicted octanol–water partition coefficient (Wildman–Crippen LogP) is 3.31. The molecular weight excluding hydrogens is 246 g/mol. The average Bonchev–Trinajstić information content (AvgIpc) is 2.26. The Hall–Kier alpha value is -0.930. The maximum Gasteiger partial charge on any atom is 0.0547 e. The van der Waals surface area contributed by atoms with Crippen LogP contribution < -0.4 is 5.32 Å². The second-order valence-electron chi connectivity index (χ2n) is 7.38. The second-order valence-corrected chi connectivity index (χ2v) is 7.38.